The number of anilines is 1. The Balaban J connectivity index is 1.69. The van der Waals surface area contributed by atoms with Gasteiger partial charge in [-0.05, 0) is 43.7 Å². The van der Waals surface area contributed by atoms with E-state index < -0.39 is 5.97 Å². The number of nitrogens with one attached hydrogen (secondary N) is 1. The molecule has 2 N–H and O–H groups in total. The smallest absolute Gasteiger partial charge is 0.358 e. The number of carboxylic acid groups (broad SMARTS) is 1. The molecule has 1 amide bonds. The number of aromatic nitrogens is 3. The average molecular weight is 320 g/mol. The fourth-order valence-corrected chi connectivity index (χ4v) is 3.94. The zero-order valence-electron chi connectivity index (χ0n) is 12.1. The van der Waals surface area contributed by atoms with Crippen LogP contribution in [0.4, 0.5) is 5.00 Å². The maximum atomic E-state index is 12.1. The van der Waals surface area contributed by atoms with Crippen LogP contribution in [0.25, 0.3) is 0 Å². The van der Waals surface area contributed by atoms with Gasteiger partial charge in [-0.15, -0.1) is 16.4 Å². The first-order chi connectivity index (χ1) is 10.5. The lowest BCUT2D eigenvalue weighted by atomic mass is 9.96. The van der Waals surface area contributed by atoms with E-state index in [-0.39, 0.29) is 18.1 Å². The number of carbonyl (C=O) groups is 2. The Bertz CT molecular complexity index is 735. The van der Waals surface area contributed by atoms with Crippen molar-refractivity contribution < 1.29 is 14.7 Å². The van der Waals surface area contributed by atoms with Crippen LogP contribution < -0.4 is 5.32 Å². The highest BCUT2D eigenvalue weighted by Crippen LogP contribution is 2.37. The monoisotopic (exact) mass is 320 g/mol. The van der Waals surface area contributed by atoms with Gasteiger partial charge in [-0.25, -0.2) is 9.48 Å². The quantitative estimate of drug-likeness (QED) is 0.896. The highest BCUT2D eigenvalue weighted by atomic mass is 32.1. The molecule has 0 aliphatic heterocycles. The van der Waals surface area contributed by atoms with Gasteiger partial charge in [-0.1, -0.05) is 5.21 Å². The zero-order chi connectivity index (χ0) is 15.7. The van der Waals surface area contributed by atoms with E-state index in [9.17, 15) is 9.59 Å². The SMILES string of the molecule is Cc1c(NC(=O)Cn2cc(C(=O)O)nn2)sc2c1CCCC2. The summed E-state index contributed by atoms with van der Waals surface area (Å²) < 4.78 is 1.22. The molecular formula is C14H16N4O3S. The summed E-state index contributed by atoms with van der Waals surface area (Å²) in [5.74, 6) is -1.39. The Morgan fingerprint density at radius 1 is 1.41 bits per heavy atom. The summed E-state index contributed by atoms with van der Waals surface area (Å²) in [7, 11) is 0. The molecule has 2 heterocycles. The first-order valence-corrected chi connectivity index (χ1v) is 7.90. The van der Waals surface area contributed by atoms with Crippen molar-refractivity contribution in [1.29, 1.82) is 0 Å². The van der Waals surface area contributed by atoms with Gasteiger partial charge >= 0.3 is 5.97 Å². The summed E-state index contributed by atoms with van der Waals surface area (Å²) in [6, 6.07) is 0. The van der Waals surface area contributed by atoms with Gasteiger partial charge in [-0.3, -0.25) is 4.79 Å². The molecule has 0 unspecified atom stereocenters. The van der Waals surface area contributed by atoms with Gasteiger partial charge in [0.1, 0.15) is 6.54 Å². The van der Waals surface area contributed by atoms with Crippen molar-refractivity contribution >= 4 is 28.2 Å². The molecule has 0 fully saturated rings. The van der Waals surface area contributed by atoms with Crippen LogP contribution in [-0.4, -0.2) is 32.0 Å². The molecule has 3 rings (SSSR count). The number of carboxylic acids is 1. The Kier molecular flexibility index (Phi) is 3.93. The number of hydrogen-bond donors (Lipinski definition) is 2. The van der Waals surface area contributed by atoms with Crippen LogP contribution in [0.2, 0.25) is 0 Å². The third kappa shape index (κ3) is 2.87. The zero-order valence-corrected chi connectivity index (χ0v) is 12.9. The molecular weight excluding hydrogens is 304 g/mol. The standard InChI is InChI=1S/C14H16N4O3S/c1-8-9-4-2-3-5-11(9)22-13(8)15-12(19)7-18-6-10(14(20)21)16-17-18/h6H,2-5,7H2,1H3,(H,15,19)(H,20,21). The predicted octanol–water partition coefficient (Wildman–Crippen LogP) is 1.86. The number of hydrogen-bond acceptors (Lipinski definition) is 5. The number of amides is 1. The van der Waals surface area contributed by atoms with Crippen molar-refractivity contribution in [1.82, 2.24) is 15.0 Å². The third-order valence-corrected chi connectivity index (χ3v) is 5.06. The van der Waals surface area contributed by atoms with Gasteiger partial charge in [0, 0.05) is 4.88 Å². The summed E-state index contributed by atoms with van der Waals surface area (Å²) in [6.45, 7) is 1.98. The van der Waals surface area contributed by atoms with E-state index in [4.69, 9.17) is 5.11 Å². The van der Waals surface area contributed by atoms with Gasteiger partial charge in [0.25, 0.3) is 0 Å². The number of nitrogens with zero attached hydrogens (tertiary/aromatic N) is 3. The second-order valence-corrected chi connectivity index (χ2v) is 6.42. The van der Waals surface area contributed by atoms with Crippen LogP contribution in [-0.2, 0) is 24.2 Å². The lowest BCUT2D eigenvalue weighted by molar-refractivity contribution is -0.116. The van der Waals surface area contributed by atoms with Crippen molar-refractivity contribution in [3.63, 3.8) is 0 Å². The highest BCUT2D eigenvalue weighted by Gasteiger charge is 2.19. The van der Waals surface area contributed by atoms with E-state index in [1.54, 1.807) is 11.3 Å². The predicted molar refractivity (Wildman–Crippen MR) is 81.3 cm³/mol. The Labute approximate surface area is 131 Å². The fourth-order valence-electron chi connectivity index (χ4n) is 2.63. The summed E-state index contributed by atoms with van der Waals surface area (Å²) in [6.07, 6.45) is 5.82. The van der Waals surface area contributed by atoms with Crippen LogP contribution in [0, 0.1) is 6.92 Å². The highest BCUT2D eigenvalue weighted by molar-refractivity contribution is 7.16. The van der Waals surface area contributed by atoms with Crippen LogP contribution >= 0.6 is 11.3 Å². The van der Waals surface area contributed by atoms with Gasteiger partial charge in [0.05, 0.1) is 11.2 Å². The number of thiophene rings is 1. The van der Waals surface area contributed by atoms with Crippen LogP contribution in [0.1, 0.15) is 39.3 Å². The van der Waals surface area contributed by atoms with E-state index in [2.05, 4.69) is 15.6 Å². The van der Waals surface area contributed by atoms with Crippen molar-refractivity contribution in [2.45, 2.75) is 39.2 Å². The van der Waals surface area contributed by atoms with E-state index in [1.165, 1.54) is 34.2 Å². The number of aromatic carboxylic acids is 1. The molecule has 22 heavy (non-hydrogen) atoms. The molecule has 0 radical (unpaired) electrons. The van der Waals surface area contributed by atoms with Crippen molar-refractivity contribution in [2.75, 3.05) is 5.32 Å². The molecule has 116 valence electrons. The van der Waals surface area contributed by atoms with Crippen LogP contribution in [0.15, 0.2) is 6.20 Å². The van der Waals surface area contributed by atoms with E-state index in [0.717, 1.165) is 23.4 Å². The van der Waals surface area contributed by atoms with E-state index in [1.807, 2.05) is 6.92 Å². The van der Waals surface area contributed by atoms with Gasteiger partial charge in [-0.2, -0.15) is 0 Å². The first kappa shape index (κ1) is 14.7. The molecule has 1 aliphatic carbocycles. The van der Waals surface area contributed by atoms with Gasteiger partial charge < -0.3 is 10.4 Å². The topological polar surface area (TPSA) is 97.1 Å². The molecule has 0 bridgehead atoms. The second kappa shape index (κ2) is 5.88. The normalized spacial score (nSPS) is 13.7. The lowest BCUT2D eigenvalue weighted by Crippen LogP contribution is -2.19. The van der Waals surface area contributed by atoms with Crippen molar-refractivity contribution in [3.05, 3.63) is 27.9 Å². The largest absolute Gasteiger partial charge is 0.476 e. The van der Waals surface area contributed by atoms with E-state index in [0.29, 0.717) is 0 Å². The van der Waals surface area contributed by atoms with E-state index >= 15 is 0 Å². The Morgan fingerprint density at radius 3 is 2.86 bits per heavy atom. The summed E-state index contributed by atoms with van der Waals surface area (Å²) in [4.78, 5) is 24.2. The minimum absolute atomic E-state index is 0.0533. The molecule has 1 aliphatic rings. The molecule has 0 spiro atoms. The molecule has 7 nitrogen and oxygen atoms in total. The van der Waals surface area contributed by atoms with Crippen molar-refractivity contribution in [2.24, 2.45) is 0 Å². The number of aryl methyl sites for hydroxylation is 1. The van der Waals surface area contributed by atoms with Crippen molar-refractivity contribution in [3.8, 4) is 0 Å². The number of rotatable bonds is 4. The van der Waals surface area contributed by atoms with Crippen LogP contribution in [0.5, 0.6) is 0 Å². The number of fused-ring (bicyclic) bond motifs is 1. The third-order valence-electron chi connectivity index (χ3n) is 3.75. The molecule has 0 saturated heterocycles. The average Bonchev–Trinajstić information content (AvgIpc) is 3.06. The Morgan fingerprint density at radius 2 is 2.18 bits per heavy atom. The lowest BCUT2D eigenvalue weighted by Gasteiger charge is -2.10. The summed E-state index contributed by atoms with van der Waals surface area (Å²) in [5, 5.41) is 19.7. The summed E-state index contributed by atoms with van der Waals surface area (Å²) in [5.41, 5.74) is 2.36. The molecule has 2 aromatic rings. The summed E-state index contributed by atoms with van der Waals surface area (Å²) >= 11 is 1.64. The fraction of sp³-hybridized carbons (Fsp3) is 0.429. The maximum absolute atomic E-state index is 12.1. The van der Waals surface area contributed by atoms with Gasteiger partial charge in [0.15, 0.2) is 5.69 Å². The number of carbonyl (C=O) groups excluding carboxylic acids is 1. The minimum Gasteiger partial charge on any atom is -0.476 e. The molecule has 0 aromatic carbocycles. The molecule has 0 saturated carbocycles. The Hall–Kier alpha value is -2.22. The second-order valence-electron chi connectivity index (χ2n) is 5.32. The molecule has 0 atom stereocenters. The minimum atomic E-state index is -1.16. The molecule has 8 heteroatoms. The molecule has 2 aromatic heterocycles. The maximum Gasteiger partial charge on any atom is 0.358 e. The first-order valence-electron chi connectivity index (χ1n) is 7.09. The van der Waals surface area contributed by atoms with Crippen LogP contribution in [0.3, 0.4) is 0 Å². The van der Waals surface area contributed by atoms with Gasteiger partial charge in [0.2, 0.25) is 5.91 Å².